The molecule has 0 spiro atoms. The highest BCUT2D eigenvalue weighted by Gasteiger charge is 2.32. The number of halogens is 4. The van der Waals surface area contributed by atoms with Gasteiger partial charge in [0.15, 0.2) is 0 Å². The number of hydrogen-bond donors (Lipinski definition) is 0. The van der Waals surface area contributed by atoms with Crippen molar-refractivity contribution < 1.29 is 13.2 Å². The van der Waals surface area contributed by atoms with E-state index in [4.69, 9.17) is 11.6 Å². The van der Waals surface area contributed by atoms with E-state index in [0.717, 1.165) is 11.6 Å². The largest absolute Gasteiger partial charge is 0.416 e. The molecule has 0 amide bonds. The lowest BCUT2D eigenvalue weighted by molar-refractivity contribution is -0.138. The van der Waals surface area contributed by atoms with Crippen molar-refractivity contribution in [1.82, 2.24) is 0 Å². The minimum absolute atomic E-state index is 0.241. The Bertz CT molecular complexity index is 342. The zero-order chi connectivity index (χ0) is 10.9. The molecule has 0 N–H and O–H groups in total. The lowest BCUT2D eigenvalue weighted by atomic mass is 9.98. The molecule has 14 heavy (non-hydrogen) atoms. The van der Waals surface area contributed by atoms with Gasteiger partial charge in [-0.2, -0.15) is 13.2 Å². The molecule has 0 radical (unpaired) electrons. The summed E-state index contributed by atoms with van der Waals surface area (Å²) in [5.74, 6) is 0.241. The molecule has 78 valence electrons. The Morgan fingerprint density at radius 2 is 1.71 bits per heavy atom. The Kier molecular flexibility index (Phi) is 3.10. The van der Waals surface area contributed by atoms with E-state index in [1.807, 2.05) is 0 Å². The Hall–Kier alpha value is -0.700. The summed E-state index contributed by atoms with van der Waals surface area (Å²) in [5.41, 5.74) is 1.05. The molecule has 4 heteroatoms. The summed E-state index contributed by atoms with van der Waals surface area (Å²) in [6.45, 7) is 3.12. The highest BCUT2D eigenvalue weighted by Crippen LogP contribution is 2.34. The van der Waals surface area contributed by atoms with Crippen LogP contribution in [0.2, 0.25) is 0 Å². The molecule has 0 fully saturated rings. The fraction of sp³-hybridized carbons (Fsp3) is 0.400. The van der Waals surface area contributed by atoms with E-state index in [9.17, 15) is 13.2 Å². The van der Waals surface area contributed by atoms with Gasteiger partial charge < -0.3 is 0 Å². The van der Waals surface area contributed by atoms with Gasteiger partial charge in [-0.1, -0.05) is 6.07 Å². The van der Waals surface area contributed by atoms with Gasteiger partial charge in [0.25, 0.3) is 0 Å². The molecule has 0 saturated carbocycles. The summed E-state index contributed by atoms with van der Waals surface area (Å²) in [6.07, 6.45) is -4.28. The molecule has 0 saturated heterocycles. The van der Waals surface area contributed by atoms with E-state index in [0.29, 0.717) is 5.56 Å². The number of alkyl halides is 4. The van der Waals surface area contributed by atoms with Gasteiger partial charge in [0.1, 0.15) is 0 Å². The van der Waals surface area contributed by atoms with E-state index in [-0.39, 0.29) is 11.4 Å². The summed E-state index contributed by atoms with van der Waals surface area (Å²) in [6, 6.07) is 2.51. The third-order valence-electron chi connectivity index (χ3n) is 2.35. The molecule has 0 aromatic heterocycles. The van der Waals surface area contributed by atoms with E-state index in [1.165, 1.54) is 13.0 Å². The molecule has 1 aromatic carbocycles. The predicted octanol–water partition coefficient (Wildman–Crippen LogP) is 4.06. The average Bonchev–Trinajstić information content (AvgIpc) is 2.07. The molecular formula is C10H10ClF3. The second-order valence-electron chi connectivity index (χ2n) is 3.15. The van der Waals surface area contributed by atoms with Gasteiger partial charge >= 0.3 is 6.18 Å². The number of rotatable bonds is 1. The molecule has 0 heterocycles. The zero-order valence-electron chi connectivity index (χ0n) is 7.87. The SMILES string of the molecule is Cc1c(CCl)ccc(C(F)(F)F)c1C. The Morgan fingerprint density at radius 3 is 2.14 bits per heavy atom. The van der Waals surface area contributed by atoms with Crippen LogP contribution in [-0.2, 0) is 12.1 Å². The molecule has 0 aliphatic heterocycles. The third kappa shape index (κ3) is 2.03. The first kappa shape index (κ1) is 11.4. The van der Waals surface area contributed by atoms with Crippen LogP contribution < -0.4 is 0 Å². The van der Waals surface area contributed by atoms with Crippen LogP contribution >= 0.6 is 11.6 Å². The van der Waals surface area contributed by atoms with E-state index in [1.54, 1.807) is 6.92 Å². The fourth-order valence-corrected chi connectivity index (χ4v) is 1.62. The summed E-state index contributed by atoms with van der Waals surface area (Å²) in [5, 5.41) is 0. The Balaban J connectivity index is 3.31. The van der Waals surface area contributed by atoms with Crippen LogP contribution in [0, 0.1) is 13.8 Å². The summed E-state index contributed by atoms with van der Waals surface area (Å²) < 4.78 is 37.3. The lowest BCUT2D eigenvalue weighted by Gasteiger charge is -2.14. The van der Waals surface area contributed by atoms with Gasteiger partial charge in [0.05, 0.1) is 5.56 Å². The lowest BCUT2D eigenvalue weighted by Crippen LogP contribution is -2.09. The summed E-state index contributed by atoms with van der Waals surface area (Å²) in [4.78, 5) is 0. The number of benzene rings is 1. The second-order valence-corrected chi connectivity index (χ2v) is 3.42. The molecule has 0 atom stereocenters. The molecule has 0 aliphatic carbocycles. The molecule has 0 unspecified atom stereocenters. The first-order valence-corrected chi connectivity index (χ1v) is 4.63. The van der Waals surface area contributed by atoms with Crippen molar-refractivity contribution >= 4 is 11.6 Å². The van der Waals surface area contributed by atoms with Crippen LogP contribution in [0.1, 0.15) is 22.3 Å². The summed E-state index contributed by atoms with van der Waals surface area (Å²) >= 11 is 5.59. The van der Waals surface area contributed by atoms with Crippen molar-refractivity contribution in [2.24, 2.45) is 0 Å². The highest BCUT2D eigenvalue weighted by atomic mass is 35.5. The Labute approximate surface area is 85.7 Å². The quantitative estimate of drug-likeness (QED) is 0.629. The molecule has 1 aromatic rings. The molecule has 1 rings (SSSR count). The topological polar surface area (TPSA) is 0 Å². The average molecular weight is 223 g/mol. The normalized spacial score (nSPS) is 11.9. The van der Waals surface area contributed by atoms with Crippen LogP contribution in [0.4, 0.5) is 13.2 Å². The molecule has 0 bridgehead atoms. The van der Waals surface area contributed by atoms with Crippen molar-refractivity contribution in [3.8, 4) is 0 Å². The van der Waals surface area contributed by atoms with E-state index >= 15 is 0 Å². The highest BCUT2D eigenvalue weighted by molar-refractivity contribution is 6.17. The van der Waals surface area contributed by atoms with Gasteiger partial charge in [-0.15, -0.1) is 11.6 Å². The van der Waals surface area contributed by atoms with Gasteiger partial charge in [-0.25, -0.2) is 0 Å². The maximum atomic E-state index is 12.4. The zero-order valence-corrected chi connectivity index (χ0v) is 8.63. The van der Waals surface area contributed by atoms with Crippen molar-refractivity contribution in [2.75, 3.05) is 0 Å². The smallest absolute Gasteiger partial charge is 0.166 e. The summed E-state index contributed by atoms with van der Waals surface area (Å²) in [7, 11) is 0. The van der Waals surface area contributed by atoms with Crippen LogP contribution in [0.3, 0.4) is 0 Å². The van der Waals surface area contributed by atoms with Gasteiger partial charge in [0.2, 0.25) is 0 Å². The van der Waals surface area contributed by atoms with Crippen LogP contribution in [0.25, 0.3) is 0 Å². The standard InChI is InChI=1S/C10H10ClF3/c1-6-7(2)9(10(12,13)14)4-3-8(6)5-11/h3-4H,5H2,1-2H3. The van der Waals surface area contributed by atoms with Crippen LogP contribution in [0.15, 0.2) is 12.1 Å². The monoisotopic (exact) mass is 222 g/mol. The third-order valence-corrected chi connectivity index (χ3v) is 2.64. The Morgan fingerprint density at radius 1 is 1.14 bits per heavy atom. The molecule has 0 nitrogen and oxygen atoms in total. The first-order chi connectivity index (χ1) is 6.38. The van der Waals surface area contributed by atoms with Gasteiger partial charge in [0, 0.05) is 5.88 Å². The first-order valence-electron chi connectivity index (χ1n) is 4.10. The van der Waals surface area contributed by atoms with Crippen LogP contribution in [-0.4, -0.2) is 0 Å². The minimum Gasteiger partial charge on any atom is -0.166 e. The minimum atomic E-state index is -4.28. The fourth-order valence-electron chi connectivity index (χ4n) is 1.33. The van der Waals surface area contributed by atoms with Crippen molar-refractivity contribution in [3.05, 3.63) is 34.4 Å². The van der Waals surface area contributed by atoms with Crippen molar-refractivity contribution in [1.29, 1.82) is 0 Å². The van der Waals surface area contributed by atoms with E-state index < -0.39 is 11.7 Å². The predicted molar refractivity (Wildman–Crippen MR) is 50.5 cm³/mol. The van der Waals surface area contributed by atoms with Crippen LogP contribution in [0.5, 0.6) is 0 Å². The molecular weight excluding hydrogens is 213 g/mol. The van der Waals surface area contributed by atoms with Crippen molar-refractivity contribution in [3.63, 3.8) is 0 Å². The second kappa shape index (κ2) is 3.81. The maximum absolute atomic E-state index is 12.4. The van der Waals surface area contributed by atoms with Gasteiger partial charge in [-0.05, 0) is 36.6 Å². The van der Waals surface area contributed by atoms with E-state index in [2.05, 4.69) is 0 Å². The maximum Gasteiger partial charge on any atom is 0.416 e. The molecule has 0 aliphatic rings. The van der Waals surface area contributed by atoms with Crippen molar-refractivity contribution in [2.45, 2.75) is 25.9 Å². The van der Waals surface area contributed by atoms with Gasteiger partial charge in [-0.3, -0.25) is 0 Å². The number of hydrogen-bond acceptors (Lipinski definition) is 0.